The summed E-state index contributed by atoms with van der Waals surface area (Å²) in [5.74, 6) is 0.768. The maximum Gasteiger partial charge on any atom is 0.263 e. The average molecular weight is 475 g/mol. The van der Waals surface area contributed by atoms with Gasteiger partial charge in [-0.3, -0.25) is 4.72 Å². The van der Waals surface area contributed by atoms with Gasteiger partial charge in [0.2, 0.25) is 0 Å². The highest BCUT2D eigenvalue weighted by Gasteiger charge is 2.19. The Morgan fingerprint density at radius 3 is 2.13 bits per heavy atom. The van der Waals surface area contributed by atoms with Gasteiger partial charge in [-0.2, -0.15) is 0 Å². The second-order valence-corrected chi connectivity index (χ2v) is 8.97. The molecule has 1 aromatic heterocycles. The summed E-state index contributed by atoms with van der Waals surface area (Å²) in [6.45, 7) is 0. The van der Waals surface area contributed by atoms with Gasteiger partial charge < -0.3 is 10.1 Å². The molecule has 0 saturated heterocycles. The van der Waals surface area contributed by atoms with E-state index in [1.807, 2.05) is 6.07 Å². The summed E-state index contributed by atoms with van der Waals surface area (Å²) in [7, 11) is -2.43. The van der Waals surface area contributed by atoms with Crippen molar-refractivity contribution in [2.24, 2.45) is 0 Å². The molecule has 0 aliphatic carbocycles. The van der Waals surface area contributed by atoms with Crippen LogP contribution >= 0.6 is 23.2 Å². The molecule has 2 N–H and O–H groups in total. The molecule has 31 heavy (non-hydrogen) atoms. The van der Waals surface area contributed by atoms with Crippen molar-refractivity contribution in [3.05, 3.63) is 76.8 Å². The molecule has 4 rings (SSSR count). The number of halogens is 2. The van der Waals surface area contributed by atoms with E-state index < -0.39 is 10.0 Å². The minimum absolute atomic E-state index is 0.0283. The van der Waals surface area contributed by atoms with Crippen LogP contribution in [0.5, 0.6) is 5.75 Å². The van der Waals surface area contributed by atoms with E-state index in [0.717, 1.165) is 0 Å². The number of hydrogen-bond donors (Lipinski definition) is 2. The predicted molar refractivity (Wildman–Crippen MR) is 123 cm³/mol. The van der Waals surface area contributed by atoms with Crippen molar-refractivity contribution < 1.29 is 13.2 Å². The van der Waals surface area contributed by atoms with Crippen molar-refractivity contribution in [2.75, 3.05) is 17.1 Å². The Balaban J connectivity index is 1.76. The van der Waals surface area contributed by atoms with Gasteiger partial charge in [-0.05, 0) is 54.6 Å². The first-order valence-corrected chi connectivity index (χ1v) is 11.3. The first-order chi connectivity index (χ1) is 14.9. The van der Waals surface area contributed by atoms with Crippen LogP contribution in [0.4, 0.5) is 17.3 Å². The standard InChI is InChI=1S/C21H16Cl2N4O3S/c1-30-14-7-9-15(10-8-14)31(28,29)27-21-20(24-17-11-6-13(22)12-16(17)23)25-18-4-2-3-5-19(18)26-21/h2-12H,1H3,(H,24,25)(H,26,27). The second-order valence-electron chi connectivity index (χ2n) is 6.44. The minimum Gasteiger partial charge on any atom is -0.497 e. The maximum atomic E-state index is 13.0. The molecule has 0 aliphatic rings. The van der Waals surface area contributed by atoms with Crippen molar-refractivity contribution in [3.8, 4) is 5.75 Å². The third kappa shape index (κ3) is 4.66. The lowest BCUT2D eigenvalue weighted by Gasteiger charge is -2.15. The number of aromatic nitrogens is 2. The van der Waals surface area contributed by atoms with Gasteiger partial charge in [0, 0.05) is 5.02 Å². The molecule has 0 bridgehead atoms. The Kier molecular flexibility index (Phi) is 5.86. The number of rotatable bonds is 6. The highest BCUT2D eigenvalue weighted by Crippen LogP contribution is 2.32. The van der Waals surface area contributed by atoms with Crippen LogP contribution in [0.3, 0.4) is 0 Å². The Morgan fingerprint density at radius 2 is 1.52 bits per heavy atom. The maximum absolute atomic E-state index is 13.0. The molecule has 0 saturated carbocycles. The number of nitrogens with zero attached hydrogens (tertiary/aromatic N) is 2. The van der Waals surface area contributed by atoms with E-state index in [4.69, 9.17) is 27.9 Å². The number of ether oxygens (including phenoxy) is 1. The number of methoxy groups -OCH3 is 1. The van der Waals surface area contributed by atoms with Crippen LogP contribution in [-0.2, 0) is 10.0 Å². The van der Waals surface area contributed by atoms with Crippen LogP contribution in [0, 0.1) is 0 Å². The van der Waals surface area contributed by atoms with Crippen LogP contribution in [0.2, 0.25) is 10.0 Å². The van der Waals surface area contributed by atoms with Gasteiger partial charge in [0.15, 0.2) is 11.6 Å². The number of benzene rings is 3. The summed E-state index contributed by atoms with van der Waals surface area (Å²) < 4.78 is 33.5. The monoisotopic (exact) mass is 474 g/mol. The third-order valence-corrected chi connectivity index (χ3v) is 6.26. The summed E-state index contributed by atoms with van der Waals surface area (Å²) >= 11 is 12.2. The smallest absolute Gasteiger partial charge is 0.263 e. The zero-order chi connectivity index (χ0) is 22.0. The second kappa shape index (κ2) is 8.58. The summed E-state index contributed by atoms with van der Waals surface area (Å²) in [5.41, 5.74) is 1.62. The summed E-state index contributed by atoms with van der Waals surface area (Å²) in [6.07, 6.45) is 0. The molecule has 0 radical (unpaired) electrons. The first-order valence-electron chi connectivity index (χ1n) is 9.01. The fourth-order valence-corrected chi connectivity index (χ4v) is 4.28. The molecule has 7 nitrogen and oxygen atoms in total. The van der Waals surface area contributed by atoms with Gasteiger partial charge in [-0.25, -0.2) is 18.4 Å². The van der Waals surface area contributed by atoms with E-state index >= 15 is 0 Å². The predicted octanol–water partition coefficient (Wildman–Crippen LogP) is 5.49. The van der Waals surface area contributed by atoms with Crippen LogP contribution < -0.4 is 14.8 Å². The number of para-hydroxylation sites is 2. The normalized spacial score (nSPS) is 11.3. The van der Waals surface area contributed by atoms with Crippen LogP contribution in [0.15, 0.2) is 71.6 Å². The van der Waals surface area contributed by atoms with E-state index in [9.17, 15) is 8.42 Å². The SMILES string of the molecule is COc1ccc(S(=O)(=O)Nc2nc3ccccc3nc2Nc2ccc(Cl)cc2Cl)cc1. The van der Waals surface area contributed by atoms with Crippen molar-refractivity contribution >= 4 is 61.6 Å². The van der Waals surface area contributed by atoms with E-state index in [2.05, 4.69) is 20.0 Å². The number of sulfonamides is 1. The Bertz CT molecular complexity index is 1360. The molecule has 0 atom stereocenters. The summed E-state index contributed by atoms with van der Waals surface area (Å²) in [6, 6.07) is 18.0. The zero-order valence-electron chi connectivity index (χ0n) is 16.1. The quantitative estimate of drug-likeness (QED) is 0.383. The summed E-state index contributed by atoms with van der Waals surface area (Å²) in [5, 5.41) is 3.87. The van der Waals surface area contributed by atoms with Gasteiger partial charge in [0.1, 0.15) is 5.75 Å². The van der Waals surface area contributed by atoms with Crippen molar-refractivity contribution in [2.45, 2.75) is 4.90 Å². The lowest BCUT2D eigenvalue weighted by molar-refractivity contribution is 0.414. The number of nitrogens with one attached hydrogen (secondary N) is 2. The molecule has 1 heterocycles. The molecular weight excluding hydrogens is 459 g/mol. The molecule has 0 fully saturated rings. The molecular formula is C21H16Cl2N4O3S. The van der Waals surface area contributed by atoms with Gasteiger partial charge >= 0.3 is 0 Å². The van der Waals surface area contributed by atoms with Crippen LogP contribution in [0.25, 0.3) is 11.0 Å². The average Bonchev–Trinajstić information content (AvgIpc) is 2.76. The van der Waals surface area contributed by atoms with Crippen LogP contribution in [0.1, 0.15) is 0 Å². The van der Waals surface area contributed by atoms with E-state index in [0.29, 0.717) is 32.5 Å². The van der Waals surface area contributed by atoms with Gasteiger partial charge in [-0.15, -0.1) is 0 Å². The number of fused-ring (bicyclic) bond motifs is 1. The third-order valence-electron chi connectivity index (χ3n) is 4.36. The fraction of sp³-hybridized carbons (Fsp3) is 0.0476. The molecule has 158 valence electrons. The molecule has 10 heteroatoms. The Hall–Kier alpha value is -3.07. The molecule has 0 spiro atoms. The molecule has 4 aromatic rings. The van der Waals surface area contributed by atoms with E-state index in [1.165, 1.54) is 19.2 Å². The molecule has 0 unspecified atom stereocenters. The van der Waals surface area contributed by atoms with Crippen molar-refractivity contribution in [1.82, 2.24) is 9.97 Å². The fourth-order valence-electron chi connectivity index (χ4n) is 2.82. The van der Waals surface area contributed by atoms with Crippen LogP contribution in [-0.4, -0.2) is 25.5 Å². The molecule has 0 amide bonds. The minimum atomic E-state index is -3.94. The lowest BCUT2D eigenvalue weighted by atomic mass is 10.3. The van der Waals surface area contributed by atoms with Gasteiger partial charge in [-0.1, -0.05) is 35.3 Å². The first kappa shape index (κ1) is 21.2. The topological polar surface area (TPSA) is 93.2 Å². The van der Waals surface area contributed by atoms with E-state index in [1.54, 1.807) is 48.5 Å². The zero-order valence-corrected chi connectivity index (χ0v) is 18.5. The van der Waals surface area contributed by atoms with Gasteiger partial charge in [0.05, 0.1) is 33.7 Å². The lowest BCUT2D eigenvalue weighted by Crippen LogP contribution is -2.16. The number of hydrogen-bond acceptors (Lipinski definition) is 6. The van der Waals surface area contributed by atoms with Crippen molar-refractivity contribution in [3.63, 3.8) is 0 Å². The molecule has 3 aromatic carbocycles. The molecule has 0 aliphatic heterocycles. The highest BCUT2D eigenvalue weighted by atomic mass is 35.5. The summed E-state index contributed by atoms with van der Waals surface area (Å²) in [4.78, 5) is 9.04. The Morgan fingerprint density at radius 1 is 0.871 bits per heavy atom. The Labute approximate surface area is 189 Å². The highest BCUT2D eigenvalue weighted by molar-refractivity contribution is 7.92. The van der Waals surface area contributed by atoms with E-state index in [-0.39, 0.29) is 16.5 Å². The van der Waals surface area contributed by atoms with Crippen molar-refractivity contribution in [1.29, 1.82) is 0 Å². The largest absolute Gasteiger partial charge is 0.497 e. The number of anilines is 3. The van der Waals surface area contributed by atoms with Gasteiger partial charge in [0.25, 0.3) is 10.0 Å².